The second kappa shape index (κ2) is 10.5. The summed E-state index contributed by atoms with van der Waals surface area (Å²) in [5.74, 6) is -0.303. The van der Waals surface area contributed by atoms with Crippen LogP contribution in [0.3, 0.4) is 0 Å². The summed E-state index contributed by atoms with van der Waals surface area (Å²) in [6, 6.07) is 24.2. The summed E-state index contributed by atoms with van der Waals surface area (Å²) < 4.78 is 2.70. The van der Waals surface area contributed by atoms with E-state index in [1.165, 1.54) is 14.7 Å². The Kier molecular flexibility index (Phi) is 7.28. The first-order chi connectivity index (χ1) is 16.4. The zero-order chi connectivity index (χ0) is 24.1. The maximum Gasteiger partial charge on any atom is 0.317 e. The van der Waals surface area contributed by atoms with E-state index in [0.29, 0.717) is 16.1 Å². The van der Waals surface area contributed by atoms with E-state index in [1.54, 1.807) is 36.4 Å². The molecule has 4 aromatic rings. The van der Waals surface area contributed by atoms with Crippen LogP contribution in [0.4, 0.5) is 0 Å². The molecule has 7 heteroatoms. The number of carbonyl (C=O) groups excluding carboxylic acids is 1. The normalized spacial score (nSPS) is 11.9. The van der Waals surface area contributed by atoms with Gasteiger partial charge in [0.2, 0.25) is 5.91 Å². The zero-order valence-electron chi connectivity index (χ0n) is 18.9. The van der Waals surface area contributed by atoms with Crippen molar-refractivity contribution in [3.05, 3.63) is 116 Å². The van der Waals surface area contributed by atoms with Crippen molar-refractivity contribution >= 4 is 28.5 Å². The third-order valence-corrected chi connectivity index (χ3v) is 6.06. The Morgan fingerprint density at radius 2 is 1.41 bits per heavy atom. The Morgan fingerprint density at radius 1 is 0.824 bits per heavy atom. The van der Waals surface area contributed by atoms with Gasteiger partial charge >= 0.3 is 11.1 Å². The molecule has 0 radical (unpaired) electrons. The highest BCUT2D eigenvalue weighted by Gasteiger charge is 2.16. The number of benzene rings is 3. The molecule has 3 aromatic carbocycles. The monoisotopic (exact) mass is 475 g/mol. The van der Waals surface area contributed by atoms with Crippen LogP contribution in [0.1, 0.15) is 24.5 Å². The van der Waals surface area contributed by atoms with Gasteiger partial charge in [-0.25, -0.2) is 0 Å². The molecule has 0 aliphatic carbocycles. The van der Waals surface area contributed by atoms with E-state index in [9.17, 15) is 14.4 Å². The van der Waals surface area contributed by atoms with Crippen LogP contribution in [0.15, 0.2) is 88.5 Å². The number of amides is 1. The summed E-state index contributed by atoms with van der Waals surface area (Å²) in [7, 11) is 0. The summed E-state index contributed by atoms with van der Waals surface area (Å²) in [6.07, 6.45) is 1.61. The highest BCUT2D eigenvalue weighted by molar-refractivity contribution is 6.30. The van der Waals surface area contributed by atoms with Gasteiger partial charge in [0, 0.05) is 11.1 Å². The smallest absolute Gasteiger partial charge is 0.317 e. The minimum absolute atomic E-state index is 0.0695. The number of carbonyl (C=O) groups is 1. The lowest BCUT2D eigenvalue weighted by molar-refractivity contribution is -0.122. The zero-order valence-corrected chi connectivity index (χ0v) is 19.7. The molecule has 0 unspecified atom stereocenters. The van der Waals surface area contributed by atoms with Gasteiger partial charge in [0.25, 0.3) is 0 Å². The third kappa shape index (κ3) is 5.46. The van der Waals surface area contributed by atoms with Gasteiger partial charge in [-0.15, -0.1) is 0 Å². The van der Waals surface area contributed by atoms with Crippen LogP contribution in [-0.2, 0) is 24.3 Å². The summed E-state index contributed by atoms with van der Waals surface area (Å²) in [5.41, 5.74) is 1.78. The van der Waals surface area contributed by atoms with E-state index in [4.69, 9.17) is 11.6 Å². The van der Waals surface area contributed by atoms with Gasteiger partial charge < -0.3 is 5.32 Å². The number of fused-ring (bicyclic) bond motifs is 1. The van der Waals surface area contributed by atoms with Crippen LogP contribution >= 0.6 is 11.6 Å². The summed E-state index contributed by atoms with van der Waals surface area (Å²) in [4.78, 5) is 38.8. The summed E-state index contributed by atoms with van der Waals surface area (Å²) >= 11 is 5.96. The van der Waals surface area contributed by atoms with Crippen molar-refractivity contribution in [2.24, 2.45) is 0 Å². The van der Waals surface area contributed by atoms with E-state index < -0.39 is 11.1 Å². The molecule has 1 amide bonds. The number of nitrogens with zero attached hydrogens (tertiary/aromatic N) is 2. The molecule has 0 aliphatic rings. The first kappa shape index (κ1) is 23.5. The van der Waals surface area contributed by atoms with Gasteiger partial charge in [-0.2, -0.15) is 0 Å². The van der Waals surface area contributed by atoms with Gasteiger partial charge in [-0.3, -0.25) is 23.5 Å². The van der Waals surface area contributed by atoms with Crippen LogP contribution < -0.4 is 16.4 Å². The first-order valence-electron chi connectivity index (χ1n) is 11.2. The van der Waals surface area contributed by atoms with Gasteiger partial charge in [0.05, 0.1) is 17.6 Å². The average molecular weight is 476 g/mol. The number of nitrogens with one attached hydrogen (secondary N) is 1. The fraction of sp³-hybridized carbons (Fsp3) is 0.222. The van der Waals surface area contributed by atoms with Crippen LogP contribution in [0.5, 0.6) is 0 Å². The Bertz CT molecular complexity index is 1410. The highest BCUT2D eigenvalue weighted by Crippen LogP contribution is 2.14. The summed E-state index contributed by atoms with van der Waals surface area (Å²) in [6.45, 7) is 1.95. The molecule has 6 nitrogen and oxygen atoms in total. The van der Waals surface area contributed by atoms with Crippen molar-refractivity contribution in [3.63, 3.8) is 0 Å². The van der Waals surface area contributed by atoms with Crippen molar-refractivity contribution in [2.45, 2.75) is 38.9 Å². The van der Waals surface area contributed by atoms with E-state index in [0.717, 1.165) is 18.4 Å². The average Bonchev–Trinajstić information content (AvgIpc) is 2.85. The van der Waals surface area contributed by atoms with E-state index in [1.807, 2.05) is 37.3 Å². The lowest BCUT2D eigenvalue weighted by Crippen LogP contribution is -2.45. The predicted molar refractivity (Wildman–Crippen MR) is 135 cm³/mol. The molecule has 0 fully saturated rings. The third-order valence-electron chi connectivity index (χ3n) is 5.81. The van der Waals surface area contributed by atoms with Crippen LogP contribution in [0, 0.1) is 0 Å². The number of aryl methyl sites for hydroxylation is 1. The Hall–Kier alpha value is -3.64. The predicted octanol–water partition coefficient (Wildman–Crippen LogP) is 4.00. The van der Waals surface area contributed by atoms with Crippen molar-refractivity contribution < 1.29 is 4.79 Å². The standard InChI is InChI=1S/C27H26ClN3O3/c1-19(11-12-20-7-3-2-4-8-20)29-25(32)18-31-24-10-6-5-9-23(24)30(26(33)27(31)34)17-21-13-15-22(28)16-14-21/h2-10,13-16,19H,11-12,17-18H2,1H3,(H,29,32)/t19-/m1/s1. The van der Waals surface area contributed by atoms with Gasteiger partial charge in [0.15, 0.2) is 0 Å². The topological polar surface area (TPSA) is 73.1 Å². The Labute approximate surface area is 202 Å². The van der Waals surface area contributed by atoms with Crippen molar-refractivity contribution in [2.75, 3.05) is 0 Å². The maximum atomic E-state index is 13.0. The number of hydrogen-bond donors (Lipinski definition) is 1. The SMILES string of the molecule is C[C@H](CCc1ccccc1)NC(=O)Cn1c(=O)c(=O)n(Cc2ccc(Cl)cc2)c2ccccc21. The van der Waals surface area contributed by atoms with Gasteiger partial charge in [-0.1, -0.05) is 66.2 Å². The van der Waals surface area contributed by atoms with Crippen LogP contribution in [0.2, 0.25) is 5.02 Å². The summed E-state index contributed by atoms with van der Waals surface area (Å²) in [5, 5.41) is 3.55. The number of hydrogen-bond acceptors (Lipinski definition) is 3. The fourth-order valence-corrected chi connectivity index (χ4v) is 4.15. The molecule has 4 rings (SSSR count). The molecule has 0 aliphatic heterocycles. The quantitative estimate of drug-likeness (QED) is 0.391. The van der Waals surface area contributed by atoms with Crippen LogP contribution in [-0.4, -0.2) is 21.1 Å². The second-order valence-electron chi connectivity index (χ2n) is 8.39. The molecular weight excluding hydrogens is 450 g/mol. The first-order valence-corrected chi connectivity index (χ1v) is 11.6. The van der Waals surface area contributed by atoms with Gasteiger partial charge in [-0.05, 0) is 55.2 Å². The highest BCUT2D eigenvalue weighted by atomic mass is 35.5. The van der Waals surface area contributed by atoms with Crippen molar-refractivity contribution in [3.8, 4) is 0 Å². The van der Waals surface area contributed by atoms with E-state index in [2.05, 4.69) is 17.4 Å². The lowest BCUT2D eigenvalue weighted by atomic mass is 10.1. The molecule has 34 heavy (non-hydrogen) atoms. The van der Waals surface area contributed by atoms with E-state index >= 15 is 0 Å². The molecule has 174 valence electrons. The fourth-order valence-electron chi connectivity index (χ4n) is 4.02. The molecule has 1 N–H and O–H groups in total. The van der Waals surface area contributed by atoms with Crippen LogP contribution in [0.25, 0.3) is 11.0 Å². The lowest BCUT2D eigenvalue weighted by Gasteiger charge is -2.17. The molecule has 1 atom stereocenters. The molecule has 0 bridgehead atoms. The Morgan fingerprint density at radius 3 is 2.09 bits per heavy atom. The minimum Gasteiger partial charge on any atom is -0.352 e. The Balaban J connectivity index is 1.55. The molecule has 1 heterocycles. The minimum atomic E-state index is -0.722. The molecule has 1 aromatic heterocycles. The maximum absolute atomic E-state index is 13.0. The van der Waals surface area contributed by atoms with Crippen molar-refractivity contribution in [1.29, 1.82) is 0 Å². The number of para-hydroxylation sites is 2. The second-order valence-corrected chi connectivity index (χ2v) is 8.83. The van der Waals surface area contributed by atoms with Crippen molar-refractivity contribution in [1.82, 2.24) is 14.5 Å². The molecule has 0 saturated heterocycles. The number of halogens is 1. The van der Waals surface area contributed by atoms with E-state index in [-0.39, 0.29) is 25.0 Å². The van der Waals surface area contributed by atoms with Gasteiger partial charge in [0.1, 0.15) is 6.54 Å². The largest absolute Gasteiger partial charge is 0.352 e. The number of rotatable bonds is 8. The molecular formula is C27H26ClN3O3. The molecule has 0 saturated carbocycles. The number of aromatic nitrogens is 2. The molecule has 0 spiro atoms.